The Balaban J connectivity index is 1.24. The minimum atomic E-state index is 0.0989. The van der Waals surface area contributed by atoms with Gasteiger partial charge in [-0.2, -0.15) is 0 Å². The highest BCUT2D eigenvalue weighted by atomic mass is 15.2. The van der Waals surface area contributed by atoms with E-state index in [2.05, 4.69) is 109 Å². The van der Waals surface area contributed by atoms with Gasteiger partial charge in [0.1, 0.15) is 5.82 Å². The fourth-order valence-corrected chi connectivity index (χ4v) is 5.86. The number of hydrogen-bond acceptors (Lipinski definition) is 4. The lowest BCUT2D eigenvalue weighted by molar-refractivity contribution is 0.283. The van der Waals surface area contributed by atoms with Crippen LogP contribution in [0, 0.1) is 5.92 Å². The smallest absolute Gasteiger partial charge is 0.129 e. The highest BCUT2D eigenvalue weighted by Crippen LogP contribution is 2.37. The molecule has 1 aliphatic rings. The molecule has 40 heavy (non-hydrogen) atoms. The van der Waals surface area contributed by atoms with Crippen LogP contribution < -0.4 is 0 Å². The van der Waals surface area contributed by atoms with E-state index < -0.39 is 0 Å². The Morgan fingerprint density at radius 3 is 2.52 bits per heavy atom. The molecule has 2 atom stereocenters. The Bertz CT molecular complexity index is 1700. The molecular formula is C34H38N6. The fourth-order valence-electron chi connectivity index (χ4n) is 5.86. The van der Waals surface area contributed by atoms with E-state index in [1.54, 1.807) is 6.33 Å². The van der Waals surface area contributed by atoms with Crippen molar-refractivity contribution in [3.63, 3.8) is 0 Å². The van der Waals surface area contributed by atoms with Gasteiger partial charge in [-0.3, -0.25) is 4.99 Å². The highest BCUT2D eigenvalue weighted by Gasteiger charge is 2.33. The number of aromatic nitrogens is 4. The molecule has 0 amide bonds. The van der Waals surface area contributed by atoms with Crippen LogP contribution in [-0.2, 0) is 0 Å². The summed E-state index contributed by atoms with van der Waals surface area (Å²) in [6.07, 6.45) is 6.88. The summed E-state index contributed by atoms with van der Waals surface area (Å²) in [6.45, 7) is 14.3. The first kappa shape index (κ1) is 26.1. The summed E-state index contributed by atoms with van der Waals surface area (Å²) in [7, 11) is 0. The number of aromatic amines is 2. The molecule has 3 aromatic carbocycles. The predicted octanol–water partition coefficient (Wildman–Crippen LogP) is 8.32. The normalized spacial score (nSPS) is 16.9. The monoisotopic (exact) mass is 530 g/mol. The molecule has 1 aliphatic heterocycles. The molecule has 6 nitrogen and oxygen atoms in total. The van der Waals surface area contributed by atoms with Gasteiger partial charge in [-0.05, 0) is 78.3 Å². The van der Waals surface area contributed by atoms with Crippen LogP contribution in [-0.4, -0.2) is 43.1 Å². The number of nitrogens with zero attached hydrogens (tertiary/aromatic N) is 4. The minimum Gasteiger partial charge on any atom is -0.363 e. The molecule has 6 heteroatoms. The first-order valence-electron chi connectivity index (χ1n) is 14.4. The molecule has 6 rings (SSSR count). The largest absolute Gasteiger partial charge is 0.363 e. The topological polar surface area (TPSA) is 73.0 Å². The quantitative estimate of drug-likeness (QED) is 0.198. The number of aliphatic imine (C=N–C) groups is 1. The Labute approximate surface area is 236 Å². The van der Waals surface area contributed by atoms with Gasteiger partial charge in [0.2, 0.25) is 0 Å². The van der Waals surface area contributed by atoms with E-state index in [-0.39, 0.29) is 12.1 Å². The van der Waals surface area contributed by atoms with E-state index in [1.165, 1.54) is 27.6 Å². The fraction of sp³-hybridized carbons (Fsp3) is 0.324. The molecule has 0 radical (unpaired) electrons. The summed E-state index contributed by atoms with van der Waals surface area (Å²) < 4.78 is 0. The zero-order valence-corrected chi connectivity index (χ0v) is 23.9. The van der Waals surface area contributed by atoms with Gasteiger partial charge in [-0.25, -0.2) is 9.97 Å². The molecular weight excluding hydrogens is 492 g/mol. The molecule has 1 saturated heterocycles. The zero-order chi connectivity index (χ0) is 27.8. The summed E-state index contributed by atoms with van der Waals surface area (Å²) in [5.74, 6) is 1.41. The van der Waals surface area contributed by atoms with Crippen molar-refractivity contribution < 1.29 is 0 Å². The van der Waals surface area contributed by atoms with Crippen molar-refractivity contribution >= 4 is 27.5 Å². The number of hydrogen-bond donors (Lipinski definition) is 2. The Morgan fingerprint density at radius 1 is 1.02 bits per heavy atom. The van der Waals surface area contributed by atoms with Crippen molar-refractivity contribution in [1.82, 2.24) is 24.8 Å². The van der Waals surface area contributed by atoms with Crippen LogP contribution in [0.15, 0.2) is 84.4 Å². The Kier molecular flexibility index (Phi) is 7.01. The number of imidazole rings is 2. The standard InChI is InChI=1S/C34H38N6/c1-6-22(4)38-33(21(2)3)23(5)40-15-7-8-32(40)34-35-19-31(39-34)28-12-11-24-16-25(9-10-26(24)17-28)27-13-14-29-30(18-27)37-20-36-29/h9-14,16-21,32-33H,5-8,15H2,1-4H3,(H,35,39)(H,36,37)/t32-,33-/m0/s1. The van der Waals surface area contributed by atoms with Gasteiger partial charge < -0.3 is 14.9 Å². The zero-order valence-electron chi connectivity index (χ0n) is 23.9. The van der Waals surface area contributed by atoms with Crippen molar-refractivity contribution in [2.24, 2.45) is 10.9 Å². The van der Waals surface area contributed by atoms with Crippen LogP contribution in [0.2, 0.25) is 0 Å². The molecule has 0 aliphatic carbocycles. The second kappa shape index (κ2) is 10.8. The molecule has 1 fully saturated rings. The lowest BCUT2D eigenvalue weighted by atomic mass is 9.99. The van der Waals surface area contributed by atoms with Gasteiger partial charge >= 0.3 is 0 Å². The van der Waals surface area contributed by atoms with Crippen LogP contribution in [0.25, 0.3) is 44.2 Å². The van der Waals surface area contributed by atoms with E-state index in [9.17, 15) is 0 Å². The molecule has 2 N–H and O–H groups in total. The average Bonchev–Trinajstić information content (AvgIpc) is 3.75. The average molecular weight is 531 g/mol. The van der Waals surface area contributed by atoms with Crippen molar-refractivity contribution in [3.8, 4) is 22.4 Å². The number of nitrogens with one attached hydrogen (secondary N) is 2. The molecule has 0 unspecified atom stereocenters. The number of benzene rings is 3. The van der Waals surface area contributed by atoms with Crippen LogP contribution in [0.3, 0.4) is 0 Å². The van der Waals surface area contributed by atoms with Gasteiger partial charge in [0.25, 0.3) is 0 Å². The van der Waals surface area contributed by atoms with Crippen molar-refractivity contribution in [1.29, 1.82) is 0 Å². The number of rotatable bonds is 8. The van der Waals surface area contributed by atoms with Crippen LogP contribution in [0.4, 0.5) is 0 Å². The van der Waals surface area contributed by atoms with Gasteiger partial charge in [0.15, 0.2) is 0 Å². The van der Waals surface area contributed by atoms with Gasteiger partial charge in [0, 0.05) is 23.5 Å². The SMILES string of the molecule is C=C([C@@H](N=C(C)CC)C(C)C)N1CCC[C@H]1c1ncc(-c2ccc3cc(-c4ccc5nc[nH]c5c4)ccc3c2)[nH]1. The van der Waals surface area contributed by atoms with E-state index in [4.69, 9.17) is 9.98 Å². The Hall–Kier alpha value is -4.19. The summed E-state index contributed by atoms with van der Waals surface area (Å²) in [5.41, 5.74) is 8.88. The third-order valence-corrected chi connectivity index (χ3v) is 8.28. The molecule has 0 bridgehead atoms. The number of H-pyrrole nitrogens is 2. The Morgan fingerprint density at radius 2 is 1.75 bits per heavy atom. The summed E-state index contributed by atoms with van der Waals surface area (Å²) in [4.78, 5) is 23.5. The van der Waals surface area contributed by atoms with Gasteiger partial charge in [-0.1, -0.05) is 57.7 Å². The maximum atomic E-state index is 5.03. The van der Waals surface area contributed by atoms with Crippen LogP contribution >= 0.6 is 0 Å². The van der Waals surface area contributed by atoms with E-state index in [1.807, 2.05) is 6.20 Å². The molecule has 0 spiro atoms. The predicted molar refractivity (Wildman–Crippen MR) is 166 cm³/mol. The number of likely N-dealkylation sites (tertiary alicyclic amines) is 1. The van der Waals surface area contributed by atoms with E-state index in [0.717, 1.165) is 59.6 Å². The first-order valence-corrected chi connectivity index (χ1v) is 14.4. The van der Waals surface area contributed by atoms with Crippen molar-refractivity contribution in [3.05, 3.63) is 85.2 Å². The third-order valence-electron chi connectivity index (χ3n) is 8.28. The minimum absolute atomic E-state index is 0.0989. The summed E-state index contributed by atoms with van der Waals surface area (Å²) in [6, 6.07) is 19.9. The third kappa shape index (κ3) is 4.94. The van der Waals surface area contributed by atoms with E-state index in [0.29, 0.717) is 5.92 Å². The summed E-state index contributed by atoms with van der Waals surface area (Å²) in [5, 5.41) is 2.42. The molecule has 3 heterocycles. The summed E-state index contributed by atoms with van der Waals surface area (Å²) >= 11 is 0. The number of fused-ring (bicyclic) bond motifs is 2. The van der Waals surface area contributed by atoms with Crippen LogP contribution in [0.5, 0.6) is 0 Å². The lowest BCUT2D eigenvalue weighted by Crippen LogP contribution is -2.32. The highest BCUT2D eigenvalue weighted by molar-refractivity contribution is 5.91. The van der Waals surface area contributed by atoms with Gasteiger partial charge in [0.05, 0.1) is 41.3 Å². The molecule has 2 aromatic heterocycles. The second-order valence-corrected chi connectivity index (χ2v) is 11.3. The first-order chi connectivity index (χ1) is 19.4. The maximum absolute atomic E-state index is 5.03. The molecule has 0 saturated carbocycles. The van der Waals surface area contributed by atoms with Crippen LogP contribution in [0.1, 0.15) is 58.8 Å². The maximum Gasteiger partial charge on any atom is 0.129 e. The lowest BCUT2D eigenvalue weighted by Gasteiger charge is -2.32. The van der Waals surface area contributed by atoms with Crippen molar-refractivity contribution in [2.75, 3.05) is 6.54 Å². The molecule has 204 valence electrons. The van der Waals surface area contributed by atoms with Gasteiger partial charge in [-0.15, -0.1) is 0 Å². The molecule has 5 aromatic rings. The van der Waals surface area contributed by atoms with Crippen molar-refractivity contribution in [2.45, 2.75) is 59.0 Å². The van der Waals surface area contributed by atoms with E-state index >= 15 is 0 Å². The second-order valence-electron chi connectivity index (χ2n) is 11.3.